The van der Waals surface area contributed by atoms with Crippen LogP contribution in [-0.4, -0.2) is 11.1 Å². The molecule has 0 radical (unpaired) electrons. The zero-order valence-corrected chi connectivity index (χ0v) is 21.3. The van der Waals surface area contributed by atoms with Gasteiger partial charge in [-0.3, -0.25) is 0 Å². The monoisotopic (exact) mass is 486 g/mol. The van der Waals surface area contributed by atoms with E-state index in [1.165, 1.54) is 37.7 Å². The molecule has 182 valence electrons. The summed E-state index contributed by atoms with van der Waals surface area (Å²) in [6.45, 7) is 4.90. The molecule has 3 aromatic rings. The van der Waals surface area contributed by atoms with E-state index in [4.69, 9.17) is 0 Å². The largest absolute Gasteiger partial charge is 0.478 e. The Morgan fingerprint density at radius 3 is 2.34 bits per heavy atom. The van der Waals surface area contributed by atoms with Gasteiger partial charge in [0.25, 0.3) is 0 Å². The van der Waals surface area contributed by atoms with Crippen molar-refractivity contribution in [1.82, 2.24) is 0 Å². The third kappa shape index (κ3) is 5.51. The standard InChI is InChI=1S/C30H34N2O2S/c1-20-14-21-16-22(15-20)19-30(2,18-21)23-10-12-24(13-11-23)32-35-26-7-5-6-25(17-26)31-28-9-4-3-8-27(28)29(33)34/h3-13,17,20-22,31-32H,14-16,18-19H2,1-2H3,(H,33,34). The lowest BCUT2D eigenvalue weighted by Gasteiger charge is -2.47. The Morgan fingerprint density at radius 1 is 0.914 bits per heavy atom. The molecule has 2 atom stereocenters. The number of hydrogen-bond acceptors (Lipinski definition) is 4. The third-order valence-electron chi connectivity index (χ3n) is 7.76. The zero-order chi connectivity index (χ0) is 24.4. The van der Waals surface area contributed by atoms with Crippen LogP contribution in [-0.2, 0) is 5.41 Å². The summed E-state index contributed by atoms with van der Waals surface area (Å²) in [5.74, 6) is 1.73. The summed E-state index contributed by atoms with van der Waals surface area (Å²) >= 11 is 1.56. The summed E-state index contributed by atoms with van der Waals surface area (Å²) in [6.07, 6.45) is 6.88. The third-order valence-corrected chi connectivity index (χ3v) is 8.58. The molecule has 5 heteroatoms. The van der Waals surface area contributed by atoms with Gasteiger partial charge in [-0.25, -0.2) is 4.79 Å². The van der Waals surface area contributed by atoms with Gasteiger partial charge in [-0.1, -0.05) is 44.2 Å². The molecule has 2 fully saturated rings. The number of rotatable bonds is 7. The van der Waals surface area contributed by atoms with E-state index >= 15 is 0 Å². The first kappa shape index (κ1) is 23.8. The molecule has 5 rings (SSSR count). The van der Waals surface area contributed by atoms with Crippen LogP contribution in [0.1, 0.15) is 61.9 Å². The van der Waals surface area contributed by atoms with Gasteiger partial charge in [0.05, 0.1) is 11.3 Å². The van der Waals surface area contributed by atoms with Gasteiger partial charge >= 0.3 is 5.97 Å². The summed E-state index contributed by atoms with van der Waals surface area (Å²) in [5.41, 5.74) is 4.55. The number of hydrogen-bond donors (Lipinski definition) is 3. The van der Waals surface area contributed by atoms with Crippen molar-refractivity contribution in [3.63, 3.8) is 0 Å². The van der Waals surface area contributed by atoms with Gasteiger partial charge in [-0.2, -0.15) is 0 Å². The molecular formula is C30H34N2O2S. The number of aromatic carboxylic acids is 1. The number of para-hydroxylation sites is 1. The molecule has 0 spiro atoms. The van der Waals surface area contributed by atoms with E-state index in [-0.39, 0.29) is 5.56 Å². The lowest BCUT2D eigenvalue weighted by Crippen LogP contribution is -2.38. The summed E-state index contributed by atoms with van der Waals surface area (Å²) < 4.78 is 3.46. The Hall–Kier alpha value is -2.92. The maximum Gasteiger partial charge on any atom is 0.337 e. The molecule has 0 saturated heterocycles. The average molecular weight is 487 g/mol. The van der Waals surface area contributed by atoms with E-state index in [2.05, 4.69) is 48.2 Å². The second kappa shape index (κ2) is 9.98. The van der Waals surface area contributed by atoms with Crippen LogP contribution in [0.5, 0.6) is 0 Å². The highest BCUT2D eigenvalue weighted by Gasteiger charge is 2.41. The van der Waals surface area contributed by atoms with Gasteiger partial charge in [-0.05, 0) is 115 Å². The minimum absolute atomic E-state index is 0.258. The van der Waals surface area contributed by atoms with Gasteiger partial charge in [0, 0.05) is 16.3 Å². The van der Waals surface area contributed by atoms with E-state index in [1.807, 2.05) is 30.3 Å². The zero-order valence-electron chi connectivity index (χ0n) is 20.5. The highest BCUT2D eigenvalue weighted by molar-refractivity contribution is 8.00. The molecule has 35 heavy (non-hydrogen) atoms. The lowest BCUT2D eigenvalue weighted by molar-refractivity contribution is 0.0698. The van der Waals surface area contributed by atoms with Crippen molar-refractivity contribution < 1.29 is 9.90 Å². The molecule has 2 unspecified atom stereocenters. The van der Waals surface area contributed by atoms with E-state index < -0.39 is 5.97 Å². The van der Waals surface area contributed by atoms with Gasteiger partial charge in [0.2, 0.25) is 0 Å². The molecule has 2 saturated carbocycles. The summed E-state index contributed by atoms with van der Waals surface area (Å²) in [7, 11) is 0. The molecule has 3 N–H and O–H groups in total. The van der Waals surface area contributed by atoms with E-state index in [0.717, 1.165) is 34.0 Å². The van der Waals surface area contributed by atoms with Crippen LogP contribution in [0.4, 0.5) is 17.1 Å². The van der Waals surface area contributed by atoms with E-state index in [1.54, 1.807) is 30.1 Å². The van der Waals surface area contributed by atoms with Crippen molar-refractivity contribution in [3.05, 3.63) is 83.9 Å². The molecular weight excluding hydrogens is 452 g/mol. The van der Waals surface area contributed by atoms with Crippen molar-refractivity contribution in [1.29, 1.82) is 0 Å². The Labute approximate surface area is 212 Å². The van der Waals surface area contributed by atoms with Gasteiger partial charge in [-0.15, -0.1) is 0 Å². The minimum Gasteiger partial charge on any atom is -0.478 e. The first-order chi connectivity index (χ1) is 16.9. The maximum absolute atomic E-state index is 11.5. The number of carboxylic acids is 1. The normalized spacial score (nSPS) is 25.6. The van der Waals surface area contributed by atoms with Crippen LogP contribution in [0, 0.1) is 17.8 Å². The molecule has 0 amide bonds. The number of carbonyl (C=O) groups is 1. The van der Waals surface area contributed by atoms with Crippen molar-refractivity contribution >= 4 is 35.0 Å². The highest BCUT2D eigenvalue weighted by atomic mass is 32.2. The highest BCUT2D eigenvalue weighted by Crippen LogP contribution is 2.51. The average Bonchev–Trinajstić information content (AvgIpc) is 2.82. The minimum atomic E-state index is -0.941. The van der Waals surface area contributed by atoms with E-state index in [0.29, 0.717) is 11.1 Å². The fourth-order valence-electron chi connectivity index (χ4n) is 6.45. The fourth-order valence-corrected chi connectivity index (χ4v) is 7.16. The van der Waals surface area contributed by atoms with Crippen molar-refractivity contribution in [2.45, 2.75) is 56.3 Å². The first-order valence-electron chi connectivity index (χ1n) is 12.6. The van der Waals surface area contributed by atoms with Gasteiger partial charge in [0.15, 0.2) is 0 Å². The molecule has 0 aromatic heterocycles. The van der Waals surface area contributed by atoms with Gasteiger partial charge < -0.3 is 15.1 Å². The predicted octanol–water partition coefficient (Wildman–Crippen LogP) is 8.35. The van der Waals surface area contributed by atoms with Crippen molar-refractivity contribution in [3.8, 4) is 0 Å². The summed E-state index contributed by atoms with van der Waals surface area (Å²) in [5, 5.41) is 12.7. The smallest absolute Gasteiger partial charge is 0.337 e. The number of benzene rings is 3. The second-order valence-corrected chi connectivity index (χ2v) is 11.7. The fraction of sp³-hybridized carbons (Fsp3) is 0.367. The van der Waals surface area contributed by atoms with Crippen LogP contribution >= 0.6 is 11.9 Å². The molecule has 2 bridgehead atoms. The Morgan fingerprint density at radius 2 is 1.63 bits per heavy atom. The van der Waals surface area contributed by atoms with Crippen LogP contribution < -0.4 is 10.0 Å². The SMILES string of the molecule is CC1CC2CC(C1)CC(C)(c1ccc(NSc3cccc(Nc4ccccc4C(=O)O)c3)cc1)C2. The Bertz CT molecular complexity index is 1170. The van der Waals surface area contributed by atoms with Gasteiger partial charge in [0.1, 0.15) is 0 Å². The summed E-state index contributed by atoms with van der Waals surface area (Å²) in [4.78, 5) is 12.5. The van der Waals surface area contributed by atoms with Crippen LogP contribution in [0.3, 0.4) is 0 Å². The first-order valence-corrected chi connectivity index (χ1v) is 13.4. The Balaban J connectivity index is 1.22. The van der Waals surface area contributed by atoms with Crippen molar-refractivity contribution in [2.24, 2.45) is 17.8 Å². The van der Waals surface area contributed by atoms with Crippen LogP contribution in [0.2, 0.25) is 0 Å². The predicted molar refractivity (Wildman–Crippen MR) is 146 cm³/mol. The van der Waals surface area contributed by atoms with E-state index in [9.17, 15) is 9.90 Å². The molecule has 0 heterocycles. The van der Waals surface area contributed by atoms with Crippen LogP contribution in [0.25, 0.3) is 0 Å². The maximum atomic E-state index is 11.5. The van der Waals surface area contributed by atoms with Crippen LogP contribution in [0.15, 0.2) is 77.7 Å². The molecule has 4 nitrogen and oxygen atoms in total. The molecule has 0 aliphatic heterocycles. The number of nitrogens with one attached hydrogen (secondary N) is 2. The topological polar surface area (TPSA) is 61.4 Å². The number of anilines is 3. The molecule has 2 aliphatic carbocycles. The number of carboxylic acid groups (broad SMARTS) is 1. The Kier molecular flexibility index (Phi) is 6.79. The summed E-state index contributed by atoms with van der Waals surface area (Å²) in [6, 6.07) is 24.0. The second-order valence-electron chi connectivity index (χ2n) is 10.8. The molecule has 3 aromatic carbocycles. The molecule has 2 aliphatic rings. The number of fused-ring (bicyclic) bond motifs is 2. The lowest BCUT2D eigenvalue weighted by atomic mass is 9.57. The van der Waals surface area contributed by atoms with Crippen molar-refractivity contribution in [2.75, 3.05) is 10.0 Å². The quantitative estimate of drug-likeness (QED) is 0.293.